The van der Waals surface area contributed by atoms with E-state index in [2.05, 4.69) is 9.97 Å². The Kier molecular flexibility index (Phi) is 6.46. The van der Waals surface area contributed by atoms with Crippen molar-refractivity contribution in [1.82, 2.24) is 14.9 Å². The van der Waals surface area contributed by atoms with Crippen molar-refractivity contribution in [3.8, 4) is 34.3 Å². The van der Waals surface area contributed by atoms with Crippen LogP contribution in [0, 0.1) is 0 Å². The van der Waals surface area contributed by atoms with Crippen molar-refractivity contribution < 1.29 is 24.2 Å². The van der Waals surface area contributed by atoms with Crippen LogP contribution >= 0.6 is 11.6 Å². The molecule has 1 aliphatic rings. The van der Waals surface area contributed by atoms with Gasteiger partial charge in [-0.05, 0) is 36.6 Å². The first-order valence-corrected chi connectivity index (χ1v) is 10.7. The molecule has 170 valence electrons. The molecule has 0 bridgehead atoms. The van der Waals surface area contributed by atoms with Gasteiger partial charge < -0.3 is 19.5 Å². The quantitative estimate of drug-likeness (QED) is 0.580. The lowest BCUT2D eigenvalue weighted by atomic mass is 9.94. The predicted molar refractivity (Wildman–Crippen MR) is 123 cm³/mol. The molecule has 1 aromatic heterocycles. The predicted octanol–water partition coefficient (Wildman–Crippen LogP) is 4.17. The van der Waals surface area contributed by atoms with Crippen molar-refractivity contribution in [2.75, 3.05) is 20.8 Å². The van der Waals surface area contributed by atoms with E-state index in [1.165, 1.54) is 19.1 Å². The number of halogens is 1. The summed E-state index contributed by atoms with van der Waals surface area (Å²) in [6.07, 6.45) is 1.09. The lowest BCUT2D eigenvalue weighted by molar-refractivity contribution is -0.141. The summed E-state index contributed by atoms with van der Waals surface area (Å²) < 4.78 is 10.5. The van der Waals surface area contributed by atoms with Crippen molar-refractivity contribution >= 4 is 23.5 Å². The summed E-state index contributed by atoms with van der Waals surface area (Å²) in [6, 6.07) is 13.4. The molecule has 1 fully saturated rings. The van der Waals surface area contributed by atoms with Gasteiger partial charge in [0, 0.05) is 34.3 Å². The van der Waals surface area contributed by atoms with E-state index in [-0.39, 0.29) is 11.9 Å². The number of amides is 1. The van der Waals surface area contributed by atoms with Crippen LogP contribution in [0.5, 0.6) is 11.9 Å². The van der Waals surface area contributed by atoms with Gasteiger partial charge in [-0.3, -0.25) is 4.79 Å². The van der Waals surface area contributed by atoms with Gasteiger partial charge in [0.25, 0.3) is 5.91 Å². The van der Waals surface area contributed by atoms with Crippen LogP contribution in [-0.2, 0) is 4.79 Å². The van der Waals surface area contributed by atoms with Crippen molar-refractivity contribution in [2.45, 2.75) is 18.9 Å². The largest absolute Gasteiger partial charge is 0.481 e. The molecule has 1 atom stereocenters. The van der Waals surface area contributed by atoms with Crippen LogP contribution in [-0.4, -0.2) is 58.7 Å². The van der Waals surface area contributed by atoms with Gasteiger partial charge in [0.1, 0.15) is 6.04 Å². The van der Waals surface area contributed by atoms with Crippen molar-refractivity contribution in [2.24, 2.45) is 0 Å². The van der Waals surface area contributed by atoms with Crippen LogP contribution < -0.4 is 9.47 Å². The summed E-state index contributed by atoms with van der Waals surface area (Å²) in [5, 5.41) is 9.99. The molecule has 1 N–H and O–H groups in total. The SMILES string of the molecule is COc1cc(-c2ccc(C(=O)N3CCCC3C(=O)O)cc2-c2ccccc2Cl)nc(OC)n1. The van der Waals surface area contributed by atoms with Crippen LogP contribution in [0.25, 0.3) is 22.4 Å². The number of hydrogen-bond donors (Lipinski definition) is 1. The standard InChI is InChI=1S/C24H22ClN3O5/c1-32-21-13-19(26-24(27-21)33-2)16-10-9-14(12-17(16)15-6-3-4-7-18(15)25)22(29)28-11-5-8-20(28)23(30)31/h3-4,6-7,9-10,12-13,20H,5,8,11H2,1-2H3,(H,30,31). The van der Waals surface area contributed by atoms with Crippen LogP contribution in [0.1, 0.15) is 23.2 Å². The molecule has 4 rings (SSSR count). The van der Waals surface area contributed by atoms with Gasteiger partial charge in [-0.25, -0.2) is 4.79 Å². The molecule has 0 saturated carbocycles. The first-order valence-electron chi connectivity index (χ1n) is 10.3. The summed E-state index contributed by atoms with van der Waals surface area (Å²) in [4.78, 5) is 34.8. The lowest BCUT2D eigenvalue weighted by Gasteiger charge is -2.22. The molecule has 8 nitrogen and oxygen atoms in total. The Labute approximate surface area is 195 Å². The Morgan fingerprint density at radius 1 is 1.03 bits per heavy atom. The molecule has 1 saturated heterocycles. The van der Waals surface area contributed by atoms with Crippen LogP contribution in [0.15, 0.2) is 48.5 Å². The van der Waals surface area contributed by atoms with Crippen molar-refractivity contribution in [3.63, 3.8) is 0 Å². The van der Waals surface area contributed by atoms with Gasteiger partial charge in [-0.1, -0.05) is 35.9 Å². The molecule has 1 unspecified atom stereocenters. The third kappa shape index (κ3) is 4.47. The Morgan fingerprint density at radius 2 is 1.82 bits per heavy atom. The number of likely N-dealkylation sites (tertiary alicyclic amines) is 1. The van der Waals surface area contributed by atoms with Gasteiger partial charge >= 0.3 is 12.0 Å². The fourth-order valence-electron chi connectivity index (χ4n) is 3.97. The van der Waals surface area contributed by atoms with E-state index in [0.717, 1.165) is 0 Å². The van der Waals surface area contributed by atoms with E-state index in [1.807, 2.05) is 18.2 Å². The van der Waals surface area contributed by atoms with Crippen molar-refractivity contribution in [1.29, 1.82) is 0 Å². The zero-order valence-corrected chi connectivity index (χ0v) is 18.9. The van der Waals surface area contributed by atoms with E-state index in [1.54, 1.807) is 30.3 Å². The Hall–Kier alpha value is -3.65. The maximum atomic E-state index is 13.2. The van der Waals surface area contributed by atoms with E-state index in [0.29, 0.717) is 58.2 Å². The van der Waals surface area contributed by atoms with Crippen LogP contribution in [0.2, 0.25) is 5.02 Å². The van der Waals surface area contributed by atoms with Gasteiger partial charge in [0.2, 0.25) is 5.88 Å². The van der Waals surface area contributed by atoms with E-state index >= 15 is 0 Å². The first kappa shape index (κ1) is 22.5. The lowest BCUT2D eigenvalue weighted by Crippen LogP contribution is -2.40. The fraction of sp³-hybridized carbons (Fsp3) is 0.250. The summed E-state index contributed by atoms with van der Waals surface area (Å²) in [6.45, 7) is 0.402. The molecule has 0 aliphatic carbocycles. The number of nitrogens with zero attached hydrogens (tertiary/aromatic N) is 3. The zero-order valence-electron chi connectivity index (χ0n) is 18.1. The molecule has 2 heterocycles. The molecule has 9 heteroatoms. The van der Waals surface area contributed by atoms with Gasteiger partial charge in [-0.15, -0.1) is 0 Å². The highest BCUT2D eigenvalue weighted by atomic mass is 35.5. The molecule has 0 spiro atoms. The maximum Gasteiger partial charge on any atom is 0.326 e. The van der Waals surface area contributed by atoms with Crippen LogP contribution in [0.4, 0.5) is 0 Å². The van der Waals surface area contributed by atoms with Crippen molar-refractivity contribution in [3.05, 3.63) is 59.1 Å². The number of hydrogen-bond acceptors (Lipinski definition) is 6. The minimum atomic E-state index is -0.996. The minimum Gasteiger partial charge on any atom is -0.481 e. The Bertz CT molecular complexity index is 1190. The second-order valence-electron chi connectivity index (χ2n) is 7.52. The molecular formula is C24H22ClN3O5. The van der Waals surface area contributed by atoms with E-state index < -0.39 is 12.0 Å². The second kappa shape index (κ2) is 9.46. The summed E-state index contributed by atoms with van der Waals surface area (Å²) >= 11 is 6.50. The average molecular weight is 468 g/mol. The highest BCUT2D eigenvalue weighted by molar-refractivity contribution is 6.33. The number of aromatic nitrogens is 2. The maximum absolute atomic E-state index is 13.2. The third-order valence-corrected chi connectivity index (χ3v) is 5.91. The molecule has 33 heavy (non-hydrogen) atoms. The third-order valence-electron chi connectivity index (χ3n) is 5.58. The minimum absolute atomic E-state index is 0.135. The molecular weight excluding hydrogens is 446 g/mol. The molecule has 0 radical (unpaired) electrons. The molecule has 1 amide bonds. The Morgan fingerprint density at radius 3 is 2.52 bits per heavy atom. The molecule has 2 aromatic carbocycles. The fourth-order valence-corrected chi connectivity index (χ4v) is 4.21. The van der Waals surface area contributed by atoms with E-state index in [4.69, 9.17) is 21.1 Å². The first-order chi connectivity index (χ1) is 15.9. The number of methoxy groups -OCH3 is 2. The molecule has 1 aliphatic heterocycles. The number of rotatable bonds is 6. The highest BCUT2D eigenvalue weighted by Crippen LogP contribution is 2.37. The highest BCUT2D eigenvalue weighted by Gasteiger charge is 2.34. The van der Waals surface area contributed by atoms with Gasteiger partial charge in [-0.2, -0.15) is 9.97 Å². The summed E-state index contributed by atoms with van der Waals surface area (Å²) in [7, 11) is 2.96. The summed E-state index contributed by atoms with van der Waals surface area (Å²) in [5.74, 6) is -1.01. The van der Waals surface area contributed by atoms with Gasteiger partial charge in [0.05, 0.1) is 19.9 Å². The van der Waals surface area contributed by atoms with Gasteiger partial charge in [0.15, 0.2) is 0 Å². The van der Waals surface area contributed by atoms with Crippen LogP contribution in [0.3, 0.4) is 0 Å². The monoisotopic (exact) mass is 467 g/mol. The normalized spacial score (nSPS) is 15.4. The summed E-state index contributed by atoms with van der Waals surface area (Å²) in [5.41, 5.74) is 2.96. The number of carboxylic acid groups (broad SMARTS) is 1. The Balaban J connectivity index is 1.86. The number of ether oxygens (including phenoxy) is 2. The topological polar surface area (TPSA) is 102 Å². The number of aliphatic carboxylic acids is 1. The number of carboxylic acids is 1. The number of benzene rings is 2. The smallest absolute Gasteiger partial charge is 0.326 e. The van der Waals surface area contributed by atoms with E-state index in [9.17, 15) is 14.7 Å². The zero-order chi connectivity index (χ0) is 23.5. The second-order valence-corrected chi connectivity index (χ2v) is 7.92. The number of carbonyl (C=O) groups is 2. The number of carbonyl (C=O) groups excluding carboxylic acids is 1. The average Bonchev–Trinajstić information content (AvgIpc) is 3.33. The molecule has 3 aromatic rings.